The molecule has 1 aromatic carbocycles. The average molecular weight is 244 g/mol. The van der Waals surface area contributed by atoms with Gasteiger partial charge in [0.25, 0.3) is 0 Å². The molecule has 92 valence electrons. The number of hydrogen-bond acceptors (Lipinski definition) is 4. The molecule has 0 saturated carbocycles. The maximum absolute atomic E-state index is 11.7. The van der Waals surface area contributed by atoms with Gasteiger partial charge in [0.15, 0.2) is 6.61 Å². The van der Waals surface area contributed by atoms with Crippen LogP contribution in [0.25, 0.3) is 0 Å². The zero-order valence-electron chi connectivity index (χ0n) is 10.1. The molecule has 4 nitrogen and oxygen atoms in total. The number of rotatable bonds is 2. The topological polar surface area (TPSA) is 55.8 Å². The molecular weight excluding hydrogens is 231 g/mol. The van der Waals surface area contributed by atoms with Crippen LogP contribution in [0.15, 0.2) is 18.2 Å². The van der Waals surface area contributed by atoms with Gasteiger partial charge >= 0.3 is 13.1 Å². The molecule has 0 fully saturated rings. The van der Waals surface area contributed by atoms with Crippen molar-refractivity contribution in [1.29, 1.82) is 0 Å². The molecule has 18 heavy (non-hydrogen) atoms. The largest absolute Gasteiger partial charge is 0.491 e. The van der Waals surface area contributed by atoms with E-state index in [0.29, 0.717) is 17.6 Å². The lowest BCUT2D eigenvalue weighted by Gasteiger charge is -2.03. The molecule has 0 unspecified atom stereocenters. The summed E-state index contributed by atoms with van der Waals surface area (Å²) in [5.41, 5.74) is 1.92. The first-order chi connectivity index (χ1) is 8.72. The molecule has 5 heteroatoms. The third kappa shape index (κ3) is 2.73. The summed E-state index contributed by atoms with van der Waals surface area (Å²) in [5, 5.41) is 9.54. The van der Waals surface area contributed by atoms with Crippen LogP contribution in [0, 0.1) is 11.8 Å². The number of carbonyl (C=O) groups is 1. The second-order valence-electron chi connectivity index (χ2n) is 3.86. The van der Waals surface area contributed by atoms with Gasteiger partial charge in [-0.15, -0.1) is 5.92 Å². The molecule has 1 aromatic rings. The molecule has 1 aliphatic rings. The van der Waals surface area contributed by atoms with Crippen molar-refractivity contribution >= 4 is 18.6 Å². The van der Waals surface area contributed by atoms with E-state index in [1.807, 2.05) is 6.92 Å². The summed E-state index contributed by atoms with van der Waals surface area (Å²) in [6.07, 6.45) is 0.736. The second kappa shape index (κ2) is 5.72. The van der Waals surface area contributed by atoms with Gasteiger partial charge in [0, 0.05) is 6.42 Å². The van der Waals surface area contributed by atoms with Gasteiger partial charge in [-0.2, -0.15) is 0 Å². The van der Waals surface area contributed by atoms with Gasteiger partial charge in [0.05, 0.1) is 12.2 Å². The van der Waals surface area contributed by atoms with Crippen LogP contribution in [0.1, 0.15) is 29.3 Å². The van der Waals surface area contributed by atoms with Crippen LogP contribution in [0.4, 0.5) is 0 Å². The molecule has 2 rings (SSSR count). The highest BCUT2D eigenvalue weighted by atomic mass is 16.5. The number of carbonyl (C=O) groups excluding carboxylic acids is 1. The van der Waals surface area contributed by atoms with Gasteiger partial charge in [0.1, 0.15) is 0 Å². The Kier molecular flexibility index (Phi) is 4.03. The highest BCUT2D eigenvalue weighted by Crippen LogP contribution is 2.12. The van der Waals surface area contributed by atoms with Gasteiger partial charge in [-0.05, 0) is 23.2 Å². The molecule has 0 radical (unpaired) electrons. The van der Waals surface area contributed by atoms with Crippen molar-refractivity contribution in [1.82, 2.24) is 0 Å². The smallest absolute Gasteiger partial charge is 0.449 e. The Hall–Kier alpha value is -1.77. The molecule has 0 aliphatic carbocycles. The fourth-order valence-electron chi connectivity index (χ4n) is 1.70. The molecule has 0 spiro atoms. The predicted octanol–water partition coefficient (Wildman–Crippen LogP) is 0.474. The predicted molar refractivity (Wildman–Crippen MR) is 67.2 cm³/mol. The first-order valence-corrected chi connectivity index (χ1v) is 5.77. The monoisotopic (exact) mass is 244 g/mol. The molecule has 0 bridgehead atoms. The highest BCUT2D eigenvalue weighted by Gasteiger charge is 2.28. The number of fused-ring (bicyclic) bond motifs is 1. The van der Waals surface area contributed by atoms with E-state index in [0.717, 1.165) is 12.0 Å². The van der Waals surface area contributed by atoms with Crippen LogP contribution in [0.3, 0.4) is 0 Å². The Morgan fingerprint density at radius 3 is 3.17 bits per heavy atom. The van der Waals surface area contributed by atoms with Crippen molar-refractivity contribution in [2.75, 3.05) is 6.61 Å². The van der Waals surface area contributed by atoms with Gasteiger partial charge in [0.2, 0.25) is 0 Å². The van der Waals surface area contributed by atoms with E-state index in [-0.39, 0.29) is 6.61 Å². The minimum atomic E-state index is -0.951. The van der Waals surface area contributed by atoms with E-state index in [4.69, 9.17) is 9.39 Å². The first-order valence-electron chi connectivity index (χ1n) is 5.77. The van der Waals surface area contributed by atoms with Crippen LogP contribution in [-0.2, 0) is 16.0 Å². The van der Waals surface area contributed by atoms with Gasteiger partial charge in [-0.25, -0.2) is 4.79 Å². The van der Waals surface area contributed by atoms with Crippen LogP contribution in [0.5, 0.6) is 0 Å². The lowest BCUT2D eigenvalue weighted by molar-refractivity contribution is 0.0556. The molecule has 0 amide bonds. The summed E-state index contributed by atoms with van der Waals surface area (Å²) in [7, 11) is -0.951. The molecule has 1 heterocycles. The number of benzene rings is 1. The first kappa shape index (κ1) is 12.7. The van der Waals surface area contributed by atoms with Crippen LogP contribution < -0.4 is 5.46 Å². The molecule has 1 N–H and O–H groups in total. The fraction of sp³-hybridized carbons (Fsp3) is 0.308. The maximum atomic E-state index is 11.7. The number of hydrogen-bond donors (Lipinski definition) is 1. The lowest BCUT2D eigenvalue weighted by Crippen LogP contribution is -2.28. The van der Waals surface area contributed by atoms with E-state index in [1.165, 1.54) is 0 Å². The summed E-state index contributed by atoms with van der Waals surface area (Å²) < 4.78 is 10.0. The van der Waals surface area contributed by atoms with Gasteiger partial charge in [-0.3, -0.25) is 0 Å². The Balaban J connectivity index is 2.05. The van der Waals surface area contributed by atoms with E-state index in [1.54, 1.807) is 18.2 Å². The molecule has 0 saturated heterocycles. The van der Waals surface area contributed by atoms with Crippen molar-refractivity contribution in [3.8, 4) is 11.8 Å². The summed E-state index contributed by atoms with van der Waals surface area (Å²) >= 11 is 0. The quantitative estimate of drug-likeness (QED) is 0.467. The Morgan fingerprint density at radius 2 is 2.39 bits per heavy atom. The Labute approximate surface area is 106 Å². The maximum Gasteiger partial charge on any atom is 0.491 e. The van der Waals surface area contributed by atoms with Gasteiger partial charge < -0.3 is 14.4 Å². The third-order valence-electron chi connectivity index (χ3n) is 2.62. The Morgan fingerprint density at radius 1 is 1.56 bits per heavy atom. The SMILES string of the molecule is CCC#CCOC(=O)c1ccc2c(c1)B(O)OC2. The van der Waals surface area contributed by atoms with Crippen LogP contribution in [0.2, 0.25) is 0 Å². The molecule has 0 atom stereocenters. The average Bonchev–Trinajstić information content (AvgIpc) is 2.76. The normalized spacial score (nSPS) is 12.7. The van der Waals surface area contributed by atoms with Gasteiger partial charge in [-0.1, -0.05) is 18.9 Å². The summed E-state index contributed by atoms with van der Waals surface area (Å²) in [5.74, 6) is 5.10. The molecular formula is C13H13BO4. The van der Waals surface area contributed by atoms with Crippen LogP contribution >= 0.6 is 0 Å². The van der Waals surface area contributed by atoms with Crippen molar-refractivity contribution in [3.05, 3.63) is 29.3 Å². The summed E-state index contributed by atoms with van der Waals surface area (Å²) in [6.45, 7) is 2.38. The van der Waals surface area contributed by atoms with Crippen LogP contribution in [-0.4, -0.2) is 24.7 Å². The zero-order chi connectivity index (χ0) is 13.0. The van der Waals surface area contributed by atoms with Crippen molar-refractivity contribution in [2.24, 2.45) is 0 Å². The van der Waals surface area contributed by atoms with E-state index in [2.05, 4.69) is 11.8 Å². The van der Waals surface area contributed by atoms with Crippen molar-refractivity contribution < 1.29 is 19.2 Å². The third-order valence-corrected chi connectivity index (χ3v) is 2.62. The minimum absolute atomic E-state index is 0.0861. The van der Waals surface area contributed by atoms with E-state index < -0.39 is 13.1 Å². The summed E-state index contributed by atoms with van der Waals surface area (Å²) in [4.78, 5) is 11.7. The van der Waals surface area contributed by atoms with E-state index >= 15 is 0 Å². The second-order valence-corrected chi connectivity index (χ2v) is 3.86. The fourth-order valence-corrected chi connectivity index (χ4v) is 1.70. The molecule has 1 aliphatic heterocycles. The number of esters is 1. The lowest BCUT2D eigenvalue weighted by atomic mass is 9.79. The highest BCUT2D eigenvalue weighted by molar-refractivity contribution is 6.61. The Bertz CT molecular complexity index is 515. The van der Waals surface area contributed by atoms with Crippen molar-refractivity contribution in [3.63, 3.8) is 0 Å². The minimum Gasteiger partial charge on any atom is -0.449 e. The zero-order valence-corrected chi connectivity index (χ0v) is 10.1. The number of ether oxygens (including phenoxy) is 1. The summed E-state index contributed by atoms with van der Waals surface area (Å²) in [6, 6.07) is 5.03. The standard InChI is InChI=1S/C13H13BO4/c1-2-3-4-7-17-13(15)10-5-6-11-9-18-14(16)12(11)8-10/h5-6,8,16H,2,7,9H2,1H3. The van der Waals surface area contributed by atoms with E-state index in [9.17, 15) is 9.82 Å². The van der Waals surface area contributed by atoms with Crippen molar-refractivity contribution in [2.45, 2.75) is 20.0 Å². The molecule has 0 aromatic heterocycles.